The van der Waals surface area contributed by atoms with Crippen LogP contribution in [0.1, 0.15) is 52.4 Å². The molecule has 0 aromatic rings. The minimum atomic E-state index is 0.317. The summed E-state index contributed by atoms with van der Waals surface area (Å²) in [5.41, 5.74) is 0. The molecule has 1 fully saturated rings. The normalized spacial score (nSPS) is 26.9. The van der Waals surface area contributed by atoms with Gasteiger partial charge in [0.25, 0.3) is 0 Å². The molecule has 76 valence electrons. The molecule has 2 heteroatoms. The first-order valence-electron chi connectivity index (χ1n) is 5.42. The average Bonchev–Trinajstić information content (AvgIpc) is 2.32. The smallest absolute Gasteiger partial charge is 0.145 e. The lowest BCUT2D eigenvalue weighted by molar-refractivity contribution is -0.118. The van der Waals surface area contributed by atoms with Gasteiger partial charge in [-0.05, 0) is 19.3 Å². The molecule has 0 aliphatic heterocycles. The Balaban J connectivity index is 2.40. The number of thioether (sulfide) groups is 1. The molecule has 1 rings (SSSR count). The molecule has 0 radical (unpaired) electrons. The Labute approximate surface area is 85.7 Å². The number of ketones is 1. The second kappa shape index (κ2) is 5.69. The number of carbonyl (C=O) groups excluding carboxylic acids is 1. The third-order valence-electron chi connectivity index (χ3n) is 2.72. The summed E-state index contributed by atoms with van der Waals surface area (Å²) in [6, 6.07) is 0. The first-order valence-corrected chi connectivity index (χ1v) is 6.36. The van der Waals surface area contributed by atoms with Crippen molar-refractivity contribution in [3.8, 4) is 0 Å². The third kappa shape index (κ3) is 3.72. The highest BCUT2D eigenvalue weighted by molar-refractivity contribution is 8.01. The van der Waals surface area contributed by atoms with Gasteiger partial charge in [0.1, 0.15) is 5.78 Å². The van der Waals surface area contributed by atoms with Gasteiger partial charge in [0, 0.05) is 11.7 Å². The van der Waals surface area contributed by atoms with Crippen LogP contribution < -0.4 is 0 Å². The molecule has 1 aliphatic rings. The Bertz CT molecular complexity index is 167. The second-order valence-electron chi connectivity index (χ2n) is 3.91. The molecule has 2 unspecified atom stereocenters. The molecule has 1 saturated carbocycles. The lowest BCUT2D eigenvalue weighted by atomic mass is 10.2. The number of hydrogen-bond acceptors (Lipinski definition) is 2. The van der Waals surface area contributed by atoms with Crippen LogP contribution in [-0.4, -0.2) is 16.3 Å². The van der Waals surface area contributed by atoms with E-state index >= 15 is 0 Å². The zero-order valence-corrected chi connectivity index (χ0v) is 9.53. The molecule has 0 aromatic carbocycles. The van der Waals surface area contributed by atoms with E-state index < -0.39 is 0 Å². The number of rotatable bonds is 3. The summed E-state index contributed by atoms with van der Waals surface area (Å²) in [5, 5.41) is 0.962. The minimum absolute atomic E-state index is 0.317. The lowest BCUT2D eigenvalue weighted by Crippen LogP contribution is -2.17. The summed E-state index contributed by atoms with van der Waals surface area (Å²) in [4.78, 5) is 11.6. The van der Waals surface area contributed by atoms with E-state index in [2.05, 4.69) is 13.8 Å². The van der Waals surface area contributed by atoms with E-state index in [1.807, 2.05) is 11.8 Å². The summed E-state index contributed by atoms with van der Waals surface area (Å²) in [6.07, 6.45) is 6.75. The van der Waals surface area contributed by atoms with Crippen molar-refractivity contribution >= 4 is 17.5 Å². The van der Waals surface area contributed by atoms with E-state index in [1.54, 1.807) is 0 Å². The summed E-state index contributed by atoms with van der Waals surface area (Å²) in [6.45, 7) is 4.42. The molecular formula is C11H20OS. The van der Waals surface area contributed by atoms with E-state index in [9.17, 15) is 4.79 Å². The van der Waals surface area contributed by atoms with Crippen molar-refractivity contribution in [2.75, 3.05) is 0 Å². The van der Waals surface area contributed by atoms with Gasteiger partial charge in [-0.25, -0.2) is 0 Å². The molecule has 0 bridgehead atoms. The topological polar surface area (TPSA) is 17.1 Å². The largest absolute Gasteiger partial charge is 0.298 e. The molecule has 0 N–H and O–H groups in total. The molecular weight excluding hydrogens is 180 g/mol. The Hall–Kier alpha value is 0.0200. The van der Waals surface area contributed by atoms with Crippen molar-refractivity contribution < 1.29 is 4.79 Å². The van der Waals surface area contributed by atoms with Crippen LogP contribution in [0.15, 0.2) is 0 Å². The number of carbonyl (C=O) groups is 1. The van der Waals surface area contributed by atoms with Gasteiger partial charge in [-0.15, -0.1) is 11.8 Å². The van der Waals surface area contributed by atoms with Gasteiger partial charge in [0.05, 0.1) is 5.25 Å². The highest BCUT2D eigenvalue weighted by Gasteiger charge is 2.22. The van der Waals surface area contributed by atoms with Gasteiger partial charge in [0.15, 0.2) is 0 Å². The van der Waals surface area contributed by atoms with Gasteiger partial charge in [-0.2, -0.15) is 0 Å². The molecule has 0 spiro atoms. The summed E-state index contributed by atoms with van der Waals surface area (Å²) in [5.74, 6) is 0.503. The maximum Gasteiger partial charge on any atom is 0.145 e. The van der Waals surface area contributed by atoms with Gasteiger partial charge in [-0.3, -0.25) is 4.79 Å². The molecule has 0 saturated heterocycles. The first-order chi connectivity index (χ1) is 6.24. The summed E-state index contributed by atoms with van der Waals surface area (Å²) >= 11 is 1.89. The average molecular weight is 200 g/mol. The fourth-order valence-electron chi connectivity index (χ4n) is 1.65. The van der Waals surface area contributed by atoms with Crippen molar-refractivity contribution in [3.05, 3.63) is 0 Å². The molecule has 2 atom stereocenters. The minimum Gasteiger partial charge on any atom is -0.298 e. The third-order valence-corrected chi connectivity index (χ3v) is 4.35. The molecule has 0 heterocycles. The molecule has 1 aliphatic carbocycles. The number of hydrogen-bond donors (Lipinski definition) is 0. The predicted molar refractivity (Wildman–Crippen MR) is 59.2 cm³/mol. The van der Waals surface area contributed by atoms with E-state index in [0.717, 1.165) is 19.3 Å². The van der Waals surface area contributed by atoms with Crippen LogP contribution in [0.4, 0.5) is 0 Å². The Morgan fingerprint density at radius 3 is 2.92 bits per heavy atom. The number of Topliss-reactive ketones (excluding diaryl/α,β-unsaturated/α-hetero) is 1. The van der Waals surface area contributed by atoms with Crippen LogP contribution in [0.2, 0.25) is 0 Å². The van der Waals surface area contributed by atoms with E-state index in [1.165, 1.54) is 19.3 Å². The molecule has 13 heavy (non-hydrogen) atoms. The van der Waals surface area contributed by atoms with E-state index in [-0.39, 0.29) is 0 Å². The fourth-order valence-corrected chi connectivity index (χ4v) is 2.97. The predicted octanol–water partition coefficient (Wildman–Crippen LogP) is 3.42. The monoisotopic (exact) mass is 200 g/mol. The van der Waals surface area contributed by atoms with Crippen molar-refractivity contribution in [2.45, 2.75) is 62.9 Å². The molecule has 1 nitrogen and oxygen atoms in total. The fraction of sp³-hybridized carbons (Fsp3) is 0.909. The maximum atomic E-state index is 11.6. The van der Waals surface area contributed by atoms with Gasteiger partial charge < -0.3 is 0 Å². The van der Waals surface area contributed by atoms with Crippen molar-refractivity contribution in [3.63, 3.8) is 0 Å². The Morgan fingerprint density at radius 1 is 1.46 bits per heavy atom. The summed E-state index contributed by atoms with van der Waals surface area (Å²) < 4.78 is 0. The van der Waals surface area contributed by atoms with Crippen LogP contribution in [0, 0.1) is 0 Å². The van der Waals surface area contributed by atoms with Crippen molar-refractivity contribution in [1.82, 2.24) is 0 Å². The first kappa shape index (κ1) is 11.1. The second-order valence-corrected chi connectivity index (χ2v) is 5.56. The SMILES string of the molecule is CCC(C)SC1CCCCCC1=O. The standard InChI is InChI=1S/C11H20OS/c1-3-9(2)13-11-8-6-4-5-7-10(11)12/h9,11H,3-8H2,1-2H3. The van der Waals surface area contributed by atoms with Crippen LogP contribution >= 0.6 is 11.8 Å². The Morgan fingerprint density at radius 2 is 2.23 bits per heavy atom. The van der Waals surface area contributed by atoms with Gasteiger partial charge in [-0.1, -0.05) is 26.7 Å². The van der Waals surface area contributed by atoms with Crippen molar-refractivity contribution in [1.29, 1.82) is 0 Å². The van der Waals surface area contributed by atoms with Gasteiger partial charge >= 0.3 is 0 Å². The van der Waals surface area contributed by atoms with Gasteiger partial charge in [0.2, 0.25) is 0 Å². The molecule has 0 amide bonds. The van der Waals surface area contributed by atoms with E-state index in [0.29, 0.717) is 16.3 Å². The molecule has 0 aromatic heterocycles. The highest BCUT2D eigenvalue weighted by atomic mass is 32.2. The quantitative estimate of drug-likeness (QED) is 0.649. The zero-order valence-electron chi connectivity index (χ0n) is 8.71. The summed E-state index contributed by atoms with van der Waals surface area (Å²) in [7, 11) is 0. The lowest BCUT2D eigenvalue weighted by Gasteiger charge is -2.16. The van der Waals surface area contributed by atoms with Crippen LogP contribution in [-0.2, 0) is 4.79 Å². The zero-order chi connectivity index (χ0) is 9.68. The van der Waals surface area contributed by atoms with Crippen LogP contribution in [0.5, 0.6) is 0 Å². The van der Waals surface area contributed by atoms with Crippen LogP contribution in [0.3, 0.4) is 0 Å². The van der Waals surface area contributed by atoms with E-state index in [4.69, 9.17) is 0 Å². The van der Waals surface area contributed by atoms with Crippen LogP contribution in [0.25, 0.3) is 0 Å². The highest BCUT2D eigenvalue weighted by Crippen LogP contribution is 2.28. The Kier molecular flexibility index (Phi) is 4.86. The maximum absolute atomic E-state index is 11.6. The van der Waals surface area contributed by atoms with Crippen molar-refractivity contribution in [2.24, 2.45) is 0 Å².